The molecule has 166 valence electrons. The number of hydrogen-bond acceptors (Lipinski definition) is 9. The summed E-state index contributed by atoms with van der Waals surface area (Å²) in [7, 11) is -6.84. The minimum absolute atomic E-state index is 0.0554. The van der Waals surface area contributed by atoms with Crippen molar-refractivity contribution in [1.29, 1.82) is 0 Å². The van der Waals surface area contributed by atoms with Gasteiger partial charge in [-0.1, -0.05) is 0 Å². The van der Waals surface area contributed by atoms with E-state index < -0.39 is 70.4 Å². The zero-order valence-corrected chi connectivity index (χ0v) is 15.2. The Bertz CT molecular complexity index is 795. The fourth-order valence-electron chi connectivity index (χ4n) is 2.14. The lowest BCUT2D eigenvalue weighted by atomic mass is 10.3. The fourth-order valence-corrected chi connectivity index (χ4v) is 2.59. The molecule has 1 aliphatic heterocycles. The quantitative estimate of drug-likeness (QED) is 0.296. The van der Waals surface area contributed by atoms with Crippen molar-refractivity contribution in [2.75, 3.05) is 6.54 Å². The van der Waals surface area contributed by atoms with E-state index in [4.69, 9.17) is 0 Å². The number of rotatable bonds is 7. The topological polar surface area (TPSA) is 147 Å². The van der Waals surface area contributed by atoms with Gasteiger partial charge >= 0.3 is 23.4 Å². The Morgan fingerprint density at radius 1 is 1.17 bits per heavy atom. The van der Waals surface area contributed by atoms with E-state index in [0.29, 0.717) is 0 Å². The van der Waals surface area contributed by atoms with Crippen LogP contribution in [0.2, 0.25) is 0 Å². The average molecular weight is 454 g/mol. The number of nitrogens with zero attached hydrogens (tertiary/aromatic N) is 1. The molecule has 1 rings (SSSR count). The van der Waals surface area contributed by atoms with Crippen LogP contribution >= 0.6 is 0 Å². The standard InChI is InChI=1S/C13H14F5NO9S/c1-6(20)19-5-4-7(10(19)23)27-8(21)2-3-9(22)28-11(12(14,15)16)13(17,18)29(24,25)26/h7,11H,2-5H2,1H3,(H,24,25,26)/p-1. The molecule has 2 amide bonds. The van der Waals surface area contributed by atoms with Gasteiger partial charge in [0, 0.05) is 19.9 Å². The number of alkyl halides is 5. The van der Waals surface area contributed by atoms with E-state index in [9.17, 15) is 54.1 Å². The third kappa shape index (κ3) is 6.06. The van der Waals surface area contributed by atoms with Gasteiger partial charge in [-0.2, -0.15) is 22.0 Å². The predicted molar refractivity (Wildman–Crippen MR) is 76.7 cm³/mol. The molecule has 2 unspecified atom stereocenters. The zero-order valence-electron chi connectivity index (χ0n) is 14.4. The molecule has 0 saturated carbocycles. The number of ether oxygens (including phenoxy) is 2. The van der Waals surface area contributed by atoms with E-state index in [0.717, 1.165) is 11.8 Å². The molecule has 0 aromatic rings. The van der Waals surface area contributed by atoms with Gasteiger partial charge in [0.05, 0.1) is 12.8 Å². The maximum Gasteiger partial charge on any atom is 0.432 e. The highest BCUT2D eigenvalue weighted by Gasteiger charge is 2.62. The number of esters is 2. The lowest BCUT2D eigenvalue weighted by molar-refractivity contribution is -0.259. The van der Waals surface area contributed by atoms with E-state index in [-0.39, 0.29) is 13.0 Å². The predicted octanol–water partition coefficient (Wildman–Crippen LogP) is 0.0693. The molecule has 29 heavy (non-hydrogen) atoms. The highest BCUT2D eigenvalue weighted by Crippen LogP contribution is 2.38. The molecule has 0 aromatic carbocycles. The first-order valence-electron chi connectivity index (χ1n) is 7.59. The van der Waals surface area contributed by atoms with Crippen molar-refractivity contribution >= 4 is 33.9 Å². The van der Waals surface area contributed by atoms with Crippen LogP contribution in [-0.4, -0.2) is 71.8 Å². The van der Waals surface area contributed by atoms with Gasteiger partial charge in [0.25, 0.3) is 12.0 Å². The van der Waals surface area contributed by atoms with E-state index in [1.807, 2.05) is 0 Å². The van der Waals surface area contributed by atoms with Crippen LogP contribution in [-0.2, 0) is 38.8 Å². The Labute approximate surface area is 159 Å². The molecule has 1 heterocycles. The molecule has 0 spiro atoms. The van der Waals surface area contributed by atoms with Gasteiger partial charge in [0.15, 0.2) is 16.2 Å². The maximum absolute atomic E-state index is 13.2. The SMILES string of the molecule is CC(=O)N1CCC(OC(=O)CCC(=O)OC(C(F)(F)F)C(F)(F)S(=O)(=O)[O-])C1=O. The second kappa shape index (κ2) is 8.56. The van der Waals surface area contributed by atoms with E-state index in [1.54, 1.807) is 0 Å². The first kappa shape index (κ1) is 24.7. The highest BCUT2D eigenvalue weighted by atomic mass is 32.2. The number of likely N-dealkylation sites (tertiary alicyclic amines) is 1. The molecule has 0 N–H and O–H groups in total. The van der Waals surface area contributed by atoms with Crippen LogP contribution in [0.15, 0.2) is 0 Å². The number of amides is 2. The molecule has 10 nitrogen and oxygen atoms in total. The summed E-state index contributed by atoms with van der Waals surface area (Å²) in [6.45, 7) is 1.02. The summed E-state index contributed by atoms with van der Waals surface area (Å²) in [5, 5.41) is -6.01. The summed E-state index contributed by atoms with van der Waals surface area (Å²) in [6, 6.07) is 0. The van der Waals surface area contributed by atoms with Gasteiger partial charge in [-0.15, -0.1) is 0 Å². The van der Waals surface area contributed by atoms with Crippen LogP contribution in [0.25, 0.3) is 0 Å². The Morgan fingerprint density at radius 2 is 1.69 bits per heavy atom. The third-order valence-corrected chi connectivity index (χ3v) is 4.41. The molecule has 0 aliphatic carbocycles. The van der Waals surface area contributed by atoms with Crippen molar-refractivity contribution in [3.05, 3.63) is 0 Å². The summed E-state index contributed by atoms with van der Waals surface area (Å²) >= 11 is 0. The number of imide groups is 1. The largest absolute Gasteiger partial charge is 0.743 e. The van der Waals surface area contributed by atoms with Crippen molar-refractivity contribution in [2.24, 2.45) is 0 Å². The van der Waals surface area contributed by atoms with Crippen molar-refractivity contribution in [3.8, 4) is 0 Å². The average Bonchev–Trinajstić information content (AvgIpc) is 2.89. The van der Waals surface area contributed by atoms with Crippen LogP contribution in [0, 0.1) is 0 Å². The van der Waals surface area contributed by atoms with Crippen LogP contribution in [0.1, 0.15) is 26.2 Å². The normalized spacial score (nSPS) is 19.1. The summed E-state index contributed by atoms with van der Waals surface area (Å²) in [5.41, 5.74) is 0. The van der Waals surface area contributed by atoms with Crippen LogP contribution in [0.5, 0.6) is 0 Å². The summed E-state index contributed by atoms with van der Waals surface area (Å²) < 4.78 is 103. The molecule has 16 heteroatoms. The first-order chi connectivity index (χ1) is 13.0. The van der Waals surface area contributed by atoms with Gasteiger partial charge in [-0.05, 0) is 0 Å². The summed E-state index contributed by atoms with van der Waals surface area (Å²) in [4.78, 5) is 46.5. The third-order valence-electron chi connectivity index (χ3n) is 3.53. The lowest BCUT2D eigenvalue weighted by Crippen LogP contribution is -2.52. The number of hydrogen-bond donors (Lipinski definition) is 0. The maximum atomic E-state index is 13.2. The monoisotopic (exact) mass is 454 g/mol. The first-order valence-corrected chi connectivity index (χ1v) is 9.00. The fraction of sp³-hybridized carbons (Fsp3) is 0.692. The Kier molecular flexibility index (Phi) is 7.29. The van der Waals surface area contributed by atoms with E-state index in [2.05, 4.69) is 9.47 Å². The van der Waals surface area contributed by atoms with Gasteiger partial charge in [0.1, 0.15) is 0 Å². The van der Waals surface area contributed by atoms with Crippen molar-refractivity contribution in [1.82, 2.24) is 4.90 Å². The summed E-state index contributed by atoms with van der Waals surface area (Å²) in [5.74, 6) is -4.84. The molecule has 1 fully saturated rings. The van der Waals surface area contributed by atoms with Crippen molar-refractivity contribution in [3.63, 3.8) is 0 Å². The number of halogens is 5. The molecule has 0 bridgehead atoms. The Balaban J connectivity index is 2.68. The summed E-state index contributed by atoms with van der Waals surface area (Å²) in [6.07, 6.45) is -14.4. The number of carbonyl (C=O) groups is 4. The Morgan fingerprint density at radius 3 is 2.10 bits per heavy atom. The molecule has 1 aliphatic rings. The van der Waals surface area contributed by atoms with Gasteiger partial charge < -0.3 is 14.0 Å². The van der Waals surface area contributed by atoms with E-state index in [1.165, 1.54) is 0 Å². The molecular weight excluding hydrogens is 441 g/mol. The van der Waals surface area contributed by atoms with Crippen LogP contribution < -0.4 is 0 Å². The second-order valence-corrected chi connectivity index (χ2v) is 7.16. The Hall–Kier alpha value is -2.36. The van der Waals surface area contributed by atoms with Gasteiger partial charge in [-0.25, -0.2) is 8.42 Å². The lowest BCUT2D eigenvalue weighted by Gasteiger charge is -2.29. The van der Waals surface area contributed by atoms with E-state index >= 15 is 0 Å². The van der Waals surface area contributed by atoms with Crippen LogP contribution in [0.3, 0.4) is 0 Å². The smallest absolute Gasteiger partial charge is 0.432 e. The van der Waals surface area contributed by atoms with Gasteiger partial charge in [-0.3, -0.25) is 24.1 Å². The minimum atomic E-state index is -6.84. The van der Waals surface area contributed by atoms with Crippen molar-refractivity contribution in [2.45, 2.75) is 49.8 Å². The van der Waals surface area contributed by atoms with Gasteiger partial charge in [0.2, 0.25) is 5.91 Å². The molecular formula is C13H13F5NO9S-. The zero-order chi connectivity index (χ0) is 22.8. The molecule has 0 radical (unpaired) electrons. The second-order valence-electron chi connectivity index (χ2n) is 5.70. The molecule has 2 atom stereocenters. The minimum Gasteiger partial charge on any atom is -0.743 e. The highest BCUT2D eigenvalue weighted by molar-refractivity contribution is 7.86. The van der Waals surface area contributed by atoms with Crippen LogP contribution in [0.4, 0.5) is 22.0 Å². The molecule has 0 aromatic heterocycles. The molecule has 1 saturated heterocycles. The van der Waals surface area contributed by atoms with Crippen molar-refractivity contribution < 1.29 is 63.6 Å². The number of carbonyl (C=O) groups excluding carboxylic acids is 4.